The van der Waals surface area contributed by atoms with Gasteiger partial charge >= 0.3 is 11.9 Å². The summed E-state index contributed by atoms with van der Waals surface area (Å²) in [5.74, 6) is -1.18. The Morgan fingerprint density at radius 3 is 2.69 bits per heavy atom. The molecule has 26 heavy (non-hydrogen) atoms. The van der Waals surface area contributed by atoms with Crippen LogP contribution in [-0.2, 0) is 20.9 Å². The third-order valence-electron chi connectivity index (χ3n) is 3.12. The van der Waals surface area contributed by atoms with Crippen molar-refractivity contribution >= 4 is 40.0 Å². The molecule has 8 heteroatoms. The molecule has 1 aromatic heterocycles. The first-order chi connectivity index (χ1) is 12.6. The van der Waals surface area contributed by atoms with Gasteiger partial charge in [0.05, 0.1) is 12.2 Å². The topological polar surface area (TPSA) is 102 Å². The van der Waals surface area contributed by atoms with Gasteiger partial charge in [-0.2, -0.15) is 5.26 Å². The summed E-state index contributed by atoms with van der Waals surface area (Å²) in [6.45, 7) is 1.64. The maximum absolute atomic E-state index is 12.0. The van der Waals surface area contributed by atoms with Crippen LogP contribution in [0.1, 0.15) is 27.7 Å². The van der Waals surface area contributed by atoms with Crippen LogP contribution in [0.2, 0.25) is 0 Å². The molecule has 0 atom stereocenters. The Bertz CT molecular complexity index is 854. The van der Waals surface area contributed by atoms with Gasteiger partial charge in [-0.05, 0) is 24.5 Å². The number of thiophene rings is 1. The second-order valence-corrected chi connectivity index (χ2v) is 6.85. The summed E-state index contributed by atoms with van der Waals surface area (Å²) in [5, 5.41) is 11.0. The quantitative estimate of drug-likeness (QED) is 0.438. The largest absolute Gasteiger partial charge is 0.462 e. The Morgan fingerprint density at radius 1 is 1.31 bits per heavy atom. The van der Waals surface area contributed by atoms with Crippen LogP contribution >= 0.6 is 23.1 Å². The van der Waals surface area contributed by atoms with Gasteiger partial charge in [-0.25, -0.2) is 9.59 Å². The van der Waals surface area contributed by atoms with Crippen molar-refractivity contribution in [3.8, 4) is 6.07 Å². The van der Waals surface area contributed by atoms with Crippen LogP contribution in [0.15, 0.2) is 46.7 Å². The molecule has 0 spiro atoms. The number of carbonyl (C=O) groups excluding carboxylic acids is 2. The molecule has 0 fully saturated rings. The summed E-state index contributed by atoms with van der Waals surface area (Å²) >= 11 is 2.32. The number of thioether (sulfide) groups is 1. The first-order valence-corrected chi connectivity index (χ1v) is 9.29. The lowest BCUT2D eigenvalue weighted by Crippen LogP contribution is -2.08. The number of rotatable bonds is 7. The Labute approximate surface area is 159 Å². The average molecular weight is 388 g/mol. The molecule has 1 heterocycles. The van der Waals surface area contributed by atoms with Crippen LogP contribution in [0, 0.1) is 11.3 Å². The van der Waals surface area contributed by atoms with Crippen LogP contribution < -0.4 is 5.73 Å². The van der Waals surface area contributed by atoms with E-state index in [4.69, 9.17) is 15.2 Å². The predicted octanol–water partition coefficient (Wildman–Crippen LogP) is 3.73. The lowest BCUT2D eigenvalue weighted by Gasteiger charge is -2.05. The third-order valence-corrected chi connectivity index (χ3v) is 4.97. The lowest BCUT2D eigenvalue weighted by atomic mass is 10.1. The first kappa shape index (κ1) is 19.6. The molecule has 2 aromatic rings. The molecule has 0 bridgehead atoms. The number of nitriles is 1. The van der Waals surface area contributed by atoms with Crippen molar-refractivity contribution in [1.29, 1.82) is 5.26 Å². The molecule has 1 aromatic carbocycles. The highest BCUT2D eigenvalue weighted by Crippen LogP contribution is 2.31. The van der Waals surface area contributed by atoms with E-state index in [0.29, 0.717) is 0 Å². The fourth-order valence-corrected chi connectivity index (χ4v) is 3.53. The van der Waals surface area contributed by atoms with Crippen molar-refractivity contribution in [2.45, 2.75) is 18.4 Å². The van der Waals surface area contributed by atoms with Gasteiger partial charge in [0, 0.05) is 16.5 Å². The van der Waals surface area contributed by atoms with Gasteiger partial charge in [-0.15, -0.1) is 11.3 Å². The van der Waals surface area contributed by atoms with Crippen molar-refractivity contribution < 1.29 is 19.1 Å². The van der Waals surface area contributed by atoms with E-state index in [0.717, 1.165) is 16.2 Å². The first-order valence-electron chi connectivity index (χ1n) is 7.60. The summed E-state index contributed by atoms with van der Waals surface area (Å²) in [5.41, 5.74) is 6.17. The maximum Gasteiger partial charge on any atom is 0.348 e. The highest BCUT2D eigenvalue weighted by Gasteiger charge is 2.23. The smallest absolute Gasteiger partial charge is 0.348 e. The molecule has 2 N–H and O–H groups in total. The zero-order valence-electron chi connectivity index (χ0n) is 13.9. The highest BCUT2D eigenvalue weighted by atomic mass is 32.2. The predicted molar refractivity (Wildman–Crippen MR) is 101 cm³/mol. The standard InChI is InChI=1S/C18H16N2O4S2/c1-2-23-18(22)16-14(13(10-19)17(20)26-16)11-24-15(21)8-9-25-12-6-4-3-5-7-12/h3-9H,2,11,20H2,1H3/b9-8+. The van der Waals surface area contributed by atoms with Crippen LogP contribution in [0.5, 0.6) is 0 Å². The molecule has 2 rings (SSSR count). The van der Waals surface area contributed by atoms with E-state index in [1.165, 1.54) is 17.8 Å². The van der Waals surface area contributed by atoms with E-state index >= 15 is 0 Å². The number of nitrogens with zero attached hydrogens (tertiary/aromatic N) is 1. The van der Waals surface area contributed by atoms with E-state index in [1.807, 2.05) is 36.4 Å². The minimum absolute atomic E-state index is 0.133. The Hall–Kier alpha value is -2.76. The second-order valence-electron chi connectivity index (χ2n) is 4.82. The molecule has 6 nitrogen and oxygen atoms in total. The fraction of sp³-hybridized carbons (Fsp3) is 0.167. The van der Waals surface area contributed by atoms with Gasteiger partial charge in [0.2, 0.25) is 0 Å². The molecular weight excluding hydrogens is 372 g/mol. The van der Waals surface area contributed by atoms with Crippen molar-refractivity contribution in [2.24, 2.45) is 0 Å². The van der Waals surface area contributed by atoms with Gasteiger partial charge in [0.25, 0.3) is 0 Å². The van der Waals surface area contributed by atoms with Crippen LogP contribution in [0.4, 0.5) is 5.00 Å². The fourth-order valence-electron chi connectivity index (χ4n) is 1.97. The molecule has 0 amide bonds. The highest BCUT2D eigenvalue weighted by molar-refractivity contribution is 8.02. The zero-order chi connectivity index (χ0) is 18.9. The molecule has 0 saturated carbocycles. The van der Waals surface area contributed by atoms with E-state index in [1.54, 1.807) is 12.3 Å². The SMILES string of the molecule is CCOC(=O)c1sc(N)c(C#N)c1COC(=O)/C=C/Sc1ccccc1. The molecule has 0 aliphatic rings. The number of hydrogen-bond acceptors (Lipinski definition) is 8. The molecular formula is C18H16N2O4S2. The molecule has 0 radical (unpaired) electrons. The third kappa shape index (κ3) is 5.12. The summed E-state index contributed by atoms with van der Waals surface area (Å²) in [4.78, 5) is 25.0. The number of nitrogen functional groups attached to an aromatic ring is 1. The van der Waals surface area contributed by atoms with Gasteiger partial charge in [0.15, 0.2) is 0 Å². The van der Waals surface area contributed by atoms with Gasteiger partial charge in [-0.1, -0.05) is 30.0 Å². The van der Waals surface area contributed by atoms with Gasteiger partial charge in [-0.3, -0.25) is 0 Å². The Kier molecular flexibility index (Phi) is 7.26. The van der Waals surface area contributed by atoms with Gasteiger partial charge < -0.3 is 15.2 Å². The van der Waals surface area contributed by atoms with E-state index in [-0.39, 0.29) is 34.2 Å². The number of esters is 2. The number of hydrogen-bond donors (Lipinski definition) is 1. The minimum Gasteiger partial charge on any atom is -0.462 e. The number of carbonyl (C=O) groups is 2. The summed E-state index contributed by atoms with van der Waals surface area (Å²) < 4.78 is 10.1. The normalized spacial score (nSPS) is 10.5. The zero-order valence-corrected chi connectivity index (χ0v) is 15.6. The van der Waals surface area contributed by atoms with Crippen molar-refractivity contribution in [2.75, 3.05) is 12.3 Å². The molecule has 0 unspecified atom stereocenters. The Balaban J connectivity index is 2.03. The van der Waals surface area contributed by atoms with Crippen LogP contribution in [0.3, 0.4) is 0 Å². The molecule has 0 aliphatic heterocycles. The van der Waals surface area contributed by atoms with Crippen molar-refractivity contribution in [3.05, 3.63) is 57.8 Å². The average Bonchev–Trinajstić information content (AvgIpc) is 2.96. The molecule has 0 aliphatic carbocycles. The lowest BCUT2D eigenvalue weighted by molar-refractivity contribution is -0.139. The monoisotopic (exact) mass is 388 g/mol. The van der Waals surface area contributed by atoms with Crippen molar-refractivity contribution in [3.63, 3.8) is 0 Å². The second kappa shape index (κ2) is 9.65. The van der Waals surface area contributed by atoms with E-state index in [2.05, 4.69) is 0 Å². The summed E-state index contributed by atoms with van der Waals surface area (Å²) in [7, 11) is 0. The Morgan fingerprint density at radius 2 is 2.04 bits per heavy atom. The van der Waals surface area contributed by atoms with Crippen LogP contribution in [0.25, 0.3) is 0 Å². The van der Waals surface area contributed by atoms with E-state index in [9.17, 15) is 14.9 Å². The number of benzene rings is 1. The maximum atomic E-state index is 12.0. The minimum atomic E-state index is -0.591. The van der Waals surface area contributed by atoms with Gasteiger partial charge in [0.1, 0.15) is 22.6 Å². The molecule has 0 saturated heterocycles. The summed E-state index contributed by atoms with van der Waals surface area (Å²) in [6, 6.07) is 11.5. The van der Waals surface area contributed by atoms with Crippen LogP contribution in [-0.4, -0.2) is 18.5 Å². The summed E-state index contributed by atoms with van der Waals surface area (Å²) in [6.07, 6.45) is 1.28. The number of anilines is 1. The van der Waals surface area contributed by atoms with E-state index < -0.39 is 11.9 Å². The number of nitrogens with two attached hydrogens (primary N) is 1. The number of ether oxygens (including phenoxy) is 2. The van der Waals surface area contributed by atoms with Crippen molar-refractivity contribution in [1.82, 2.24) is 0 Å². The molecule has 134 valence electrons.